The van der Waals surface area contributed by atoms with Crippen molar-refractivity contribution in [1.82, 2.24) is 9.55 Å². The Labute approximate surface area is 109 Å². The van der Waals surface area contributed by atoms with Crippen molar-refractivity contribution in [2.75, 3.05) is 5.32 Å². The highest BCUT2D eigenvalue weighted by atomic mass is 35.5. The molecule has 0 atom stereocenters. The van der Waals surface area contributed by atoms with Gasteiger partial charge < -0.3 is 5.32 Å². The lowest BCUT2D eigenvalue weighted by atomic mass is 10.3. The summed E-state index contributed by atoms with van der Waals surface area (Å²) in [6.07, 6.45) is 6.08. The van der Waals surface area contributed by atoms with Crippen molar-refractivity contribution >= 4 is 29.2 Å². The second-order valence-electron chi connectivity index (χ2n) is 4.17. The molecule has 1 aliphatic rings. The summed E-state index contributed by atoms with van der Waals surface area (Å²) in [5.74, 6) is 0.839. The Hall–Kier alpha value is -1.19. The number of hydrogen-bond donors (Lipinski definition) is 1. The van der Waals surface area contributed by atoms with Crippen LogP contribution in [0.2, 0.25) is 10.0 Å². The van der Waals surface area contributed by atoms with Crippen molar-refractivity contribution in [1.29, 1.82) is 0 Å². The van der Waals surface area contributed by atoms with E-state index < -0.39 is 0 Å². The van der Waals surface area contributed by atoms with E-state index in [4.69, 9.17) is 23.2 Å². The predicted molar refractivity (Wildman–Crippen MR) is 70.2 cm³/mol. The van der Waals surface area contributed by atoms with E-state index in [9.17, 15) is 0 Å². The van der Waals surface area contributed by atoms with Crippen LogP contribution in [0.15, 0.2) is 30.6 Å². The van der Waals surface area contributed by atoms with Gasteiger partial charge in [-0.05, 0) is 31.0 Å². The molecule has 3 rings (SSSR count). The molecule has 3 nitrogen and oxygen atoms in total. The van der Waals surface area contributed by atoms with Gasteiger partial charge in [-0.25, -0.2) is 4.98 Å². The van der Waals surface area contributed by atoms with Gasteiger partial charge in [-0.15, -0.1) is 0 Å². The largest absolute Gasteiger partial charge is 0.353 e. The lowest BCUT2D eigenvalue weighted by Gasteiger charge is -2.09. The minimum absolute atomic E-state index is 0.561. The standard InChI is InChI=1S/C12H11Cl2N3/c13-8-5-9(14)7-11(6-8)17-4-3-15-12(17)16-10-1-2-10/h3-7,10H,1-2H2,(H,15,16). The van der Waals surface area contributed by atoms with Crippen LogP contribution in [-0.4, -0.2) is 15.6 Å². The van der Waals surface area contributed by atoms with E-state index in [-0.39, 0.29) is 0 Å². The van der Waals surface area contributed by atoms with Crippen molar-refractivity contribution in [3.05, 3.63) is 40.6 Å². The maximum Gasteiger partial charge on any atom is 0.207 e. The summed E-state index contributed by atoms with van der Waals surface area (Å²) in [4.78, 5) is 4.30. The second-order valence-corrected chi connectivity index (χ2v) is 5.04. The molecule has 2 aromatic rings. The molecule has 17 heavy (non-hydrogen) atoms. The highest BCUT2D eigenvalue weighted by molar-refractivity contribution is 6.34. The number of rotatable bonds is 3. The van der Waals surface area contributed by atoms with Crippen molar-refractivity contribution in [3.63, 3.8) is 0 Å². The summed E-state index contributed by atoms with van der Waals surface area (Å²) >= 11 is 12.0. The van der Waals surface area contributed by atoms with Crippen molar-refractivity contribution < 1.29 is 0 Å². The van der Waals surface area contributed by atoms with E-state index in [1.54, 1.807) is 12.3 Å². The molecule has 1 heterocycles. The van der Waals surface area contributed by atoms with Gasteiger partial charge in [-0.3, -0.25) is 4.57 Å². The Kier molecular flexibility index (Phi) is 2.73. The third-order valence-corrected chi connectivity index (χ3v) is 3.11. The van der Waals surface area contributed by atoms with Gasteiger partial charge >= 0.3 is 0 Å². The van der Waals surface area contributed by atoms with Crippen LogP contribution in [0, 0.1) is 0 Å². The number of imidazole rings is 1. The van der Waals surface area contributed by atoms with Gasteiger partial charge in [0.25, 0.3) is 0 Å². The molecule has 1 aromatic carbocycles. The Bertz CT molecular complexity index is 526. The monoisotopic (exact) mass is 267 g/mol. The summed E-state index contributed by atoms with van der Waals surface area (Å²) < 4.78 is 1.95. The number of halogens is 2. The summed E-state index contributed by atoms with van der Waals surface area (Å²) in [7, 11) is 0. The van der Waals surface area contributed by atoms with Crippen LogP contribution in [0.4, 0.5) is 5.95 Å². The Morgan fingerprint density at radius 3 is 2.53 bits per heavy atom. The molecule has 88 valence electrons. The van der Waals surface area contributed by atoms with Crippen LogP contribution in [0.1, 0.15) is 12.8 Å². The molecule has 1 saturated carbocycles. The van der Waals surface area contributed by atoms with Crippen LogP contribution in [-0.2, 0) is 0 Å². The zero-order valence-corrected chi connectivity index (χ0v) is 10.5. The predicted octanol–water partition coefficient (Wildman–Crippen LogP) is 3.75. The number of hydrogen-bond acceptors (Lipinski definition) is 2. The van der Waals surface area contributed by atoms with E-state index in [0.29, 0.717) is 16.1 Å². The van der Waals surface area contributed by atoms with E-state index in [0.717, 1.165) is 11.6 Å². The Morgan fingerprint density at radius 2 is 1.88 bits per heavy atom. The number of aromatic nitrogens is 2. The molecule has 0 spiro atoms. The van der Waals surface area contributed by atoms with Gasteiger partial charge in [0.2, 0.25) is 5.95 Å². The molecular formula is C12H11Cl2N3. The van der Waals surface area contributed by atoms with Crippen LogP contribution in [0.3, 0.4) is 0 Å². The normalized spacial score (nSPS) is 14.9. The molecule has 1 fully saturated rings. The molecule has 0 aliphatic heterocycles. The second kappa shape index (κ2) is 4.24. The molecule has 1 aliphatic carbocycles. The first-order chi connectivity index (χ1) is 8.22. The summed E-state index contributed by atoms with van der Waals surface area (Å²) in [5, 5.41) is 4.61. The highest BCUT2D eigenvalue weighted by Crippen LogP contribution is 2.27. The van der Waals surface area contributed by atoms with Crippen molar-refractivity contribution in [2.24, 2.45) is 0 Å². The van der Waals surface area contributed by atoms with E-state index in [1.807, 2.05) is 22.9 Å². The first-order valence-corrected chi connectivity index (χ1v) is 6.24. The number of nitrogens with zero attached hydrogens (tertiary/aromatic N) is 2. The fourth-order valence-corrected chi connectivity index (χ4v) is 2.22. The minimum Gasteiger partial charge on any atom is -0.353 e. The number of anilines is 1. The SMILES string of the molecule is Clc1cc(Cl)cc(-n2ccnc2NC2CC2)c1. The van der Waals surface area contributed by atoms with Gasteiger partial charge in [-0.1, -0.05) is 23.2 Å². The van der Waals surface area contributed by atoms with Crippen molar-refractivity contribution in [2.45, 2.75) is 18.9 Å². The van der Waals surface area contributed by atoms with Gasteiger partial charge in [0.1, 0.15) is 0 Å². The van der Waals surface area contributed by atoms with Crippen LogP contribution < -0.4 is 5.32 Å². The summed E-state index contributed by atoms with van der Waals surface area (Å²) in [5.41, 5.74) is 0.920. The summed E-state index contributed by atoms with van der Waals surface area (Å²) in [6, 6.07) is 6.02. The van der Waals surface area contributed by atoms with E-state index >= 15 is 0 Å². The fraction of sp³-hybridized carbons (Fsp3) is 0.250. The quantitative estimate of drug-likeness (QED) is 0.918. The minimum atomic E-state index is 0.561. The Morgan fingerprint density at radius 1 is 1.18 bits per heavy atom. The number of nitrogens with one attached hydrogen (secondary N) is 1. The smallest absolute Gasteiger partial charge is 0.207 e. The average Bonchev–Trinajstić information content (AvgIpc) is 2.93. The average molecular weight is 268 g/mol. The lowest BCUT2D eigenvalue weighted by molar-refractivity contribution is 1.00. The molecular weight excluding hydrogens is 257 g/mol. The van der Waals surface area contributed by atoms with Crippen LogP contribution in [0.5, 0.6) is 0 Å². The number of benzene rings is 1. The molecule has 5 heteroatoms. The first kappa shape index (κ1) is 10.9. The molecule has 0 radical (unpaired) electrons. The maximum atomic E-state index is 6.00. The van der Waals surface area contributed by atoms with Crippen LogP contribution >= 0.6 is 23.2 Å². The lowest BCUT2D eigenvalue weighted by Crippen LogP contribution is -2.07. The third kappa shape index (κ3) is 2.40. The zero-order valence-electron chi connectivity index (χ0n) is 9.03. The van der Waals surface area contributed by atoms with Crippen LogP contribution in [0.25, 0.3) is 5.69 Å². The molecule has 0 bridgehead atoms. The molecule has 0 saturated heterocycles. The topological polar surface area (TPSA) is 29.9 Å². The van der Waals surface area contributed by atoms with Crippen molar-refractivity contribution in [3.8, 4) is 5.69 Å². The van der Waals surface area contributed by atoms with Gasteiger partial charge in [0, 0.05) is 28.5 Å². The van der Waals surface area contributed by atoms with E-state index in [2.05, 4.69) is 10.3 Å². The van der Waals surface area contributed by atoms with Gasteiger partial charge in [-0.2, -0.15) is 0 Å². The maximum absolute atomic E-state index is 6.00. The first-order valence-electron chi connectivity index (χ1n) is 5.49. The fourth-order valence-electron chi connectivity index (χ4n) is 1.71. The molecule has 0 unspecified atom stereocenters. The van der Waals surface area contributed by atoms with Gasteiger partial charge in [0.15, 0.2) is 0 Å². The van der Waals surface area contributed by atoms with Gasteiger partial charge in [0.05, 0.1) is 5.69 Å². The molecule has 0 amide bonds. The molecule has 1 N–H and O–H groups in total. The Balaban J connectivity index is 1.98. The zero-order chi connectivity index (χ0) is 11.8. The third-order valence-electron chi connectivity index (χ3n) is 2.68. The summed E-state index contributed by atoms with van der Waals surface area (Å²) in [6.45, 7) is 0. The van der Waals surface area contributed by atoms with E-state index in [1.165, 1.54) is 12.8 Å². The molecule has 1 aromatic heterocycles. The highest BCUT2D eigenvalue weighted by Gasteiger charge is 2.22.